The molecular weight excluding hydrogens is 315 g/mol. The molecule has 0 aromatic carbocycles. The van der Waals surface area contributed by atoms with Gasteiger partial charge in [-0.15, -0.1) is 10.2 Å². The van der Waals surface area contributed by atoms with Crippen molar-refractivity contribution in [3.05, 3.63) is 11.6 Å². The number of fused-ring (bicyclic) bond motifs is 1. The van der Waals surface area contributed by atoms with E-state index in [4.69, 9.17) is 0 Å². The molecule has 3 heterocycles. The van der Waals surface area contributed by atoms with Crippen molar-refractivity contribution < 1.29 is 22.7 Å². The van der Waals surface area contributed by atoms with Crippen LogP contribution < -0.4 is 5.32 Å². The molecule has 0 bridgehead atoms. The largest absolute Gasteiger partial charge is 0.420 e. The molecule has 1 fully saturated rings. The number of hydrogen-bond acceptors (Lipinski definition) is 4. The molecule has 1 N–H and O–H groups in total. The van der Waals surface area contributed by atoms with Crippen LogP contribution in [0.1, 0.15) is 24.5 Å². The molecule has 2 aliphatic heterocycles. The van der Waals surface area contributed by atoms with E-state index in [1.54, 1.807) is 0 Å². The van der Waals surface area contributed by atoms with Gasteiger partial charge >= 0.3 is 12.2 Å². The highest BCUT2D eigenvalue weighted by atomic mass is 19.4. The quantitative estimate of drug-likeness (QED) is 0.899. The molecule has 10 heteroatoms. The van der Waals surface area contributed by atoms with Crippen LogP contribution >= 0.6 is 0 Å². The fraction of sp³-hybridized carbons (Fsp3) is 0.769. The number of halogens is 3. The zero-order chi connectivity index (χ0) is 16.7. The average molecular weight is 333 g/mol. The van der Waals surface area contributed by atoms with Crippen molar-refractivity contribution >= 4 is 6.03 Å². The Hall–Kier alpha value is -1.84. The number of urea groups is 1. The molecule has 2 aliphatic rings. The smallest absolute Gasteiger partial charge is 0.365 e. The third kappa shape index (κ3) is 2.75. The zero-order valence-corrected chi connectivity index (χ0v) is 12.7. The summed E-state index contributed by atoms with van der Waals surface area (Å²) in [6, 6.07) is -0.560. The number of nitrogens with zero attached hydrogens (tertiary/aromatic N) is 4. The number of nitrogens with one attached hydrogen (secondary N) is 1. The lowest BCUT2D eigenvalue weighted by molar-refractivity contribution is -0.303. The van der Waals surface area contributed by atoms with Crippen molar-refractivity contribution in [1.29, 1.82) is 0 Å². The van der Waals surface area contributed by atoms with Gasteiger partial charge in [-0.1, -0.05) is 0 Å². The molecule has 2 amide bonds. The fourth-order valence-corrected chi connectivity index (χ4v) is 2.90. The van der Waals surface area contributed by atoms with Crippen LogP contribution in [0.4, 0.5) is 18.0 Å². The first-order chi connectivity index (χ1) is 10.9. The number of ether oxygens (including phenoxy) is 1. The first-order valence-electron chi connectivity index (χ1n) is 7.42. The molecular formula is C13H18F3N5O2. The van der Waals surface area contributed by atoms with E-state index in [1.165, 1.54) is 0 Å². The summed E-state index contributed by atoms with van der Waals surface area (Å²) < 4.78 is 45.2. The van der Waals surface area contributed by atoms with E-state index < -0.39 is 30.9 Å². The summed E-state index contributed by atoms with van der Waals surface area (Å²) in [4.78, 5) is 13.0. The van der Waals surface area contributed by atoms with Gasteiger partial charge in [-0.2, -0.15) is 13.2 Å². The Balaban J connectivity index is 1.54. The first-order valence-corrected chi connectivity index (χ1v) is 7.42. The van der Waals surface area contributed by atoms with E-state index in [9.17, 15) is 18.0 Å². The number of carbonyl (C=O) groups excluding carboxylic acids is 1. The second kappa shape index (κ2) is 5.66. The Morgan fingerprint density at radius 3 is 2.74 bits per heavy atom. The Labute approximate surface area is 130 Å². The number of alkyl halides is 3. The lowest BCUT2D eigenvalue weighted by Gasteiger charge is -2.49. The van der Waals surface area contributed by atoms with E-state index in [-0.39, 0.29) is 6.54 Å². The van der Waals surface area contributed by atoms with E-state index in [0.29, 0.717) is 5.82 Å². The van der Waals surface area contributed by atoms with Crippen molar-refractivity contribution in [3.8, 4) is 0 Å². The van der Waals surface area contributed by atoms with Crippen molar-refractivity contribution in [3.63, 3.8) is 0 Å². The second-order valence-corrected chi connectivity index (χ2v) is 5.85. The molecule has 1 saturated heterocycles. The maximum atomic E-state index is 12.9. The van der Waals surface area contributed by atoms with Gasteiger partial charge in [-0.25, -0.2) is 4.79 Å². The standard InChI is InChI=1S/C13H18F3N5O2/c1-23-12(13(14,15)16)7-20(8-12)11(22)17-6-10-19-18-9-4-2-3-5-21(9)10/h2-8H2,1H3,(H,17,22). The lowest BCUT2D eigenvalue weighted by atomic mass is 9.93. The summed E-state index contributed by atoms with van der Waals surface area (Å²) >= 11 is 0. The van der Waals surface area contributed by atoms with Crippen molar-refractivity contribution in [2.75, 3.05) is 20.2 Å². The molecule has 1 aromatic rings. The SMILES string of the molecule is COC1(C(F)(F)F)CN(C(=O)NCc2nnc3n2CCCC3)C1. The highest BCUT2D eigenvalue weighted by Gasteiger charge is 2.63. The minimum absolute atomic E-state index is 0.147. The molecule has 0 spiro atoms. The van der Waals surface area contributed by atoms with Crippen LogP contribution in [0, 0.1) is 0 Å². The van der Waals surface area contributed by atoms with Gasteiger partial charge in [0.2, 0.25) is 0 Å². The zero-order valence-electron chi connectivity index (χ0n) is 12.7. The number of rotatable bonds is 3. The van der Waals surface area contributed by atoms with Crippen LogP contribution in [0.25, 0.3) is 0 Å². The predicted molar refractivity (Wildman–Crippen MR) is 72.6 cm³/mol. The molecule has 7 nitrogen and oxygen atoms in total. The number of aromatic nitrogens is 3. The summed E-state index contributed by atoms with van der Waals surface area (Å²) in [6.45, 7) is -0.0556. The minimum Gasteiger partial charge on any atom is -0.365 e. The van der Waals surface area contributed by atoms with Crippen LogP contribution in [-0.4, -0.2) is 57.7 Å². The summed E-state index contributed by atoms with van der Waals surface area (Å²) in [7, 11) is 1.01. The number of amides is 2. The lowest BCUT2D eigenvalue weighted by Crippen LogP contribution is -2.72. The molecule has 0 unspecified atom stereocenters. The molecule has 0 saturated carbocycles. The van der Waals surface area contributed by atoms with Crippen LogP contribution in [0.5, 0.6) is 0 Å². The summed E-state index contributed by atoms with van der Waals surface area (Å²) in [5.74, 6) is 1.52. The van der Waals surface area contributed by atoms with Crippen LogP contribution in [0.2, 0.25) is 0 Å². The fourth-order valence-electron chi connectivity index (χ4n) is 2.90. The Kier molecular flexibility index (Phi) is 3.95. The Morgan fingerprint density at radius 2 is 2.09 bits per heavy atom. The van der Waals surface area contributed by atoms with Crippen molar-refractivity contribution in [2.45, 2.75) is 44.1 Å². The van der Waals surface area contributed by atoms with Gasteiger partial charge in [0.15, 0.2) is 11.4 Å². The monoisotopic (exact) mass is 333 g/mol. The highest BCUT2D eigenvalue weighted by molar-refractivity contribution is 5.75. The van der Waals surface area contributed by atoms with Crippen molar-refractivity contribution in [2.24, 2.45) is 0 Å². The minimum atomic E-state index is -4.50. The summed E-state index contributed by atoms with van der Waals surface area (Å²) in [5, 5.41) is 10.7. The number of hydrogen-bond donors (Lipinski definition) is 1. The Morgan fingerprint density at radius 1 is 1.35 bits per heavy atom. The third-order valence-corrected chi connectivity index (χ3v) is 4.42. The van der Waals surface area contributed by atoms with Crippen LogP contribution in [-0.2, 0) is 24.2 Å². The number of aryl methyl sites for hydroxylation is 1. The van der Waals surface area contributed by atoms with E-state index >= 15 is 0 Å². The third-order valence-electron chi connectivity index (χ3n) is 4.42. The topological polar surface area (TPSA) is 72.3 Å². The van der Waals surface area contributed by atoms with Gasteiger partial charge in [0.1, 0.15) is 5.82 Å². The van der Waals surface area contributed by atoms with E-state index in [1.807, 2.05) is 4.57 Å². The molecule has 0 atom stereocenters. The molecule has 128 valence electrons. The molecule has 1 aromatic heterocycles. The molecule has 0 radical (unpaired) electrons. The van der Waals surface area contributed by atoms with Crippen molar-refractivity contribution in [1.82, 2.24) is 25.0 Å². The molecule has 3 rings (SSSR count). The number of methoxy groups -OCH3 is 1. The number of likely N-dealkylation sites (tertiary alicyclic amines) is 1. The maximum absolute atomic E-state index is 12.9. The molecule has 23 heavy (non-hydrogen) atoms. The second-order valence-electron chi connectivity index (χ2n) is 5.85. The van der Waals surface area contributed by atoms with Gasteiger partial charge < -0.3 is 19.5 Å². The van der Waals surface area contributed by atoms with Gasteiger partial charge in [0.25, 0.3) is 0 Å². The molecule has 0 aliphatic carbocycles. The maximum Gasteiger partial charge on any atom is 0.420 e. The highest BCUT2D eigenvalue weighted by Crippen LogP contribution is 2.40. The predicted octanol–water partition coefficient (Wildman–Crippen LogP) is 1.09. The first kappa shape index (κ1) is 16.0. The van der Waals surface area contributed by atoms with Gasteiger partial charge in [0, 0.05) is 20.1 Å². The van der Waals surface area contributed by atoms with Crippen LogP contribution in [0.3, 0.4) is 0 Å². The summed E-state index contributed by atoms with van der Waals surface area (Å²) in [5.41, 5.74) is -2.25. The van der Waals surface area contributed by atoms with E-state index in [0.717, 1.165) is 43.6 Å². The summed E-state index contributed by atoms with van der Waals surface area (Å²) in [6.07, 6.45) is -1.55. The van der Waals surface area contributed by atoms with Gasteiger partial charge in [0.05, 0.1) is 19.6 Å². The average Bonchev–Trinajstić information content (AvgIpc) is 2.86. The number of carbonyl (C=O) groups is 1. The normalized spacial score (nSPS) is 19.9. The van der Waals surface area contributed by atoms with Gasteiger partial charge in [-0.05, 0) is 12.8 Å². The van der Waals surface area contributed by atoms with Gasteiger partial charge in [-0.3, -0.25) is 0 Å². The van der Waals surface area contributed by atoms with Crippen LogP contribution in [0.15, 0.2) is 0 Å². The Bertz CT molecular complexity index is 595. The van der Waals surface area contributed by atoms with E-state index in [2.05, 4.69) is 20.3 Å².